The number of aryl methyl sites for hydroxylation is 1. The SMILES string of the molecule is Cc1cccc(F)c1NC(=O)c1c[nH]c2ccc(N)cc12. The molecule has 106 valence electrons. The van der Waals surface area contributed by atoms with E-state index >= 15 is 0 Å². The summed E-state index contributed by atoms with van der Waals surface area (Å²) >= 11 is 0. The lowest BCUT2D eigenvalue weighted by molar-refractivity contribution is 0.102. The monoisotopic (exact) mass is 283 g/mol. The number of rotatable bonds is 2. The van der Waals surface area contributed by atoms with Gasteiger partial charge in [0, 0.05) is 22.8 Å². The quantitative estimate of drug-likeness (QED) is 0.630. The number of hydrogen-bond donors (Lipinski definition) is 3. The van der Waals surface area contributed by atoms with E-state index in [-0.39, 0.29) is 11.6 Å². The predicted molar refractivity (Wildman–Crippen MR) is 81.8 cm³/mol. The summed E-state index contributed by atoms with van der Waals surface area (Å²) in [7, 11) is 0. The van der Waals surface area contributed by atoms with Crippen LogP contribution in [0, 0.1) is 12.7 Å². The van der Waals surface area contributed by atoms with Crippen molar-refractivity contribution >= 4 is 28.2 Å². The van der Waals surface area contributed by atoms with Crippen molar-refractivity contribution in [2.24, 2.45) is 0 Å². The molecular formula is C16H14FN3O. The number of hydrogen-bond acceptors (Lipinski definition) is 2. The van der Waals surface area contributed by atoms with Crippen LogP contribution >= 0.6 is 0 Å². The van der Waals surface area contributed by atoms with E-state index in [0.29, 0.717) is 22.2 Å². The highest BCUT2D eigenvalue weighted by atomic mass is 19.1. The van der Waals surface area contributed by atoms with Gasteiger partial charge in [0.15, 0.2) is 0 Å². The number of para-hydroxylation sites is 1. The van der Waals surface area contributed by atoms with Gasteiger partial charge in [-0.1, -0.05) is 12.1 Å². The van der Waals surface area contributed by atoms with Crippen molar-refractivity contribution in [1.29, 1.82) is 0 Å². The number of amides is 1. The Morgan fingerprint density at radius 2 is 2.10 bits per heavy atom. The molecule has 0 saturated carbocycles. The van der Waals surface area contributed by atoms with Crippen LogP contribution in [0.3, 0.4) is 0 Å². The van der Waals surface area contributed by atoms with Crippen LogP contribution in [0.15, 0.2) is 42.6 Å². The Labute approximate surface area is 120 Å². The molecule has 0 fully saturated rings. The van der Waals surface area contributed by atoms with Crippen LogP contribution in [0.1, 0.15) is 15.9 Å². The molecule has 0 aliphatic rings. The Balaban J connectivity index is 2.00. The summed E-state index contributed by atoms with van der Waals surface area (Å²) in [5.41, 5.74) is 8.42. The first-order valence-electron chi connectivity index (χ1n) is 6.49. The average Bonchev–Trinajstić information content (AvgIpc) is 2.86. The second kappa shape index (κ2) is 4.94. The molecule has 0 bridgehead atoms. The Morgan fingerprint density at radius 3 is 2.86 bits per heavy atom. The molecule has 0 radical (unpaired) electrons. The number of halogens is 1. The third-order valence-corrected chi connectivity index (χ3v) is 3.41. The number of nitrogens with one attached hydrogen (secondary N) is 2. The number of nitrogen functional groups attached to an aromatic ring is 1. The molecule has 1 heterocycles. The highest BCUT2D eigenvalue weighted by Gasteiger charge is 2.15. The van der Waals surface area contributed by atoms with Gasteiger partial charge in [0.2, 0.25) is 0 Å². The number of anilines is 2. The minimum Gasteiger partial charge on any atom is -0.399 e. The molecular weight excluding hydrogens is 269 g/mol. The van der Waals surface area contributed by atoms with Crippen LogP contribution in [0.25, 0.3) is 10.9 Å². The third-order valence-electron chi connectivity index (χ3n) is 3.41. The molecule has 0 aliphatic heterocycles. The van der Waals surface area contributed by atoms with Gasteiger partial charge in [0.1, 0.15) is 5.82 Å². The molecule has 2 aromatic carbocycles. The minimum atomic E-state index is -0.456. The third kappa shape index (κ3) is 2.33. The van der Waals surface area contributed by atoms with Crippen LogP contribution < -0.4 is 11.1 Å². The molecule has 0 spiro atoms. The fraction of sp³-hybridized carbons (Fsp3) is 0.0625. The lowest BCUT2D eigenvalue weighted by Crippen LogP contribution is -2.13. The summed E-state index contributed by atoms with van der Waals surface area (Å²) in [5, 5.41) is 3.33. The van der Waals surface area contributed by atoms with E-state index in [9.17, 15) is 9.18 Å². The van der Waals surface area contributed by atoms with E-state index in [1.165, 1.54) is 6.07 Å². The summed E-state index contributed by atoms with van der Waals surface area (Å²) in [6.07, 6.45) is 1.59. The average molecular weight is 283 g/mol. The van der Waals surface area contributed by atoms with Crippen molar-refractivity contribution in [3.8, 4) is 0 Å². The van der Waals surface area contributed by atoms with Crippen LogP contribution in [0.4, 0.5) is 15.8 Å². The van der Waals surface area contributed by atoms with Crippen molar-refractivity contribution < 1.29 is 9.18 Å². The largest absolute Gasteiger partial charge is 0.399 e. The minimum absolute atomic E-state index is 0.195. The zero-order valence-corrected chi connectivity index (χ0v) is 11.4. The van der Waals surface area contributed by atoms with Crippen molar-refractivity contribution in [1.82, 2.24) is 4.98 Å². The normalized spacial score (nSPS) is 10.8. The lowest BCUT2D eigenvalue weighted by Gasteiger charge is -2.09. The predicted octanol–water partition coefficient (Wildman–Crippen LogP) is 3.45. The first kappa shape index (κ1) is 13.2. The van der Waals surface area contributed by atoms with Gasteiger partial charge in [0.25, 0.3) is 5.91 Å². The Bertz CT molecular complexity index is 818. The number of fused-ring (bicyclic) bond motifs is 1. The second-order valence-corrected chi connectivity index (χ2v) is 4.89. The molecule has 21 heavy (non-hydrogen) atoms. The van der Waals surface area contributed by atoms with Gasteiger partial charge in [-0.2, -0.15) is 0 Å². The summed E-state index contributed by atoms with van der Waals surface area (Å²) in [6.45, 7) is 1.74. The van der Waals surface area contributed by atoms with E-state index in [2.05, 4.69) is 10.3 Å². The van der Waals surface area contributed by atoms with Crippen LogP contribution in [-0.4, -0.2) is 10.9 Å². The van der Waals surface area contributed by atoms with Gasteiger partial charge in [-0.25, -0.2) is 4.39 Å². The number of carbonyl (C=O) groups excluding carboxylic acids is 1. The van der Waals surface area contributed by atoms with E-state index < -0.39 is 5.82 Å². The van der Waals surface area contributed by atoms with E-state index in [0.717, 1.165) is 5.52 Å². The fourth-order valence-corrected chi connectivity index (χ4v) is 2.30. The summed E-state index contributed by atoms with van der Waals surface area (Å²) in [4.78, 5) is 15.4. The van der Waals surface area contributed by atoms with Crippen molar-refractivity contribution in [2.75, 3.05) is 11.1 Å². The molecule has 1 aromatic heterocycles. The molecule has 4 N–H and O–H groups in total. The number of benzene rings is 2. The summed E-state index contributed by atoms with van der Waals surface area (Å²) in [6, 6.07) is 9.93. The standard InChI is InChI=1S/C16H14FN3O/c1-9-3-2-4-13(17)15(9)20-16(21)12-8-19-14-6-5-10(18)7-11(12)14/h2-8,19H,18H2,1H3,(H,20,21). The zero-order chi connectivity index (χ0) is 15.0. The van der Waals surface area contributed by atoms with Crippen molar-refractivity contribution in [3.63, 3.8) is 0 Å². The van der Waals surface area contributed by atoms with Crippen molar-refractivity contribution in [3.05, 3.63) is 59.5 Å². The second-order valence-electron chi connectivity index (χ2n) is 4.89. The zero-order valence-electron chi connectivity index (χ0n) is 11.4. The van der Waals surface area contributed by atoms with Crippen LogP contribution in [-0.2, 0) is 0 Å². The molecule has 0 atom stereocenters. The Morgan fingerprint density at radius 1 is 1.29 bits per heavy atom. The maximum atomic E-state index is 13.8. The highest BCUT2D eigenvalue weighted by Crippen LogP contribution is 2.24. The first-order chi connectivity index (χ1) is 10.1. The lowest BCUT2D eigenvalue weighted by atomic mass is 10.1. The number of aromatic amines is 1. The van der Waals surface area contributed by atoms with E-state index in [1.807, 2.05) is 0 Å². The molecule has 3 rings (SSSR count). The number of carbonyl (C=O) groups is 1. The van der Waals surface area contributed by atoms with Crippen LogP contribution in [0.2, 0.25) is 0 Å². The molecule has 1 amide bonds. The number of aromatic nitrogens is 1. The molecule has 5 heteroatoms. The highest BCUT2D eigenvalue weighted by molar-refractivity contribution is 6.13. The maximum Gasteiger partial charge on any atom is 0.257 e. The molecule has 4 nitrogen and oxygen atoms in total. The molecule has 0 aliphatic carbocycles. The summed E-state index contributed by atoms with van der Waals surface area (Å²) < 4.78 is 13.8. The van der Waals surface area contributed by atoms with E-state index in [4.69, 9.17) is 5.73 Å². The first-order valence-corrected chi connectivity index (χ1v) is 6.49. The van der Waals surface area contributed by atoms with Gasteiger partial charge >= 0.3 is 0 Å². The molecule has 0 saturated heterocycles. The smallest absolute Gasteiger partial charge is 0.257 e. The number of H-pyrrole nitrogens is 1. The van der Waals surface area contributed by atoms with Gasteiger partial charge < -0.3 is 16.0 Å². The summed E-state index contributed by atoms with van der Waals surface area (Å²) in [5.74, 6) is -0.831. The molecule has 0 unspecified atom stereocenters. The van der Waals surface area contributed by atoms with Gasteiger partial charge in [-0.05, 0) is 36.8 Å². The topological polar surface area (TPSA) is 70.9 Å². The molecule has 3 aromatic rings. The van der Waals surface area contributed by atoms with Gasteiger partial charge in [0.05, 0.1) is 11.3 Å². The van der Waals surface area contributed by atoms with Gasteiger partial charge in [-0.3, -0.25) is 4.79 Å². The van der Waals surface area contributed by atoms with Crippen LogP contribution in [0.5, 0.6) is 0 Å². The number of nitrogens with two attached hydrogens (primary N) is 1. The van der Waals surface area contributed by atoms with E-state index in [1.54, 1.807) is 43.5 Å². The fourth-order valence-electron chi connectivity index (χ4n) is 2.30. The Hall–Kier alpha value is -2.82. The van der Waals surface area contributed by atoms with Crippen molar-refractivity contribution in [2.45, 2.75) is 6.92 Å². The van der Waals surface area contributed by atoms with Gasteiger partial charge in [-0.15, -0.1) is 0 Å². The Kier molecular flexibility index (Phi) is 3.10. The maximum absolute atomic E-state index is 13.8.